The van der Waals surface area contributed by atoms with E-state index in [1.807, 2.05) is 0 Å². The molecule has 0 aliphatic carbocycles. The van der Waals surface area contributed by atoms with Gasteiger partial charge in [0, 0.05) is 18.3 Å². The summed E-state index contributed by atoms with van der Waals surface area (Å²) in [5, 5.41) is 7.09. The molecule has 0 bridgehead atoms. The zero-order valence-corrected chi connectivity index (χ0v) is 9.93. The Kier molecular flexibility index (Phi) is 4.33. The molecule has 1 rings (SSSR count). The molecule has 0 fully saturated rings. The second kappa shape index (κ2) is 5.41. The normalized spacial score (nSPS) is 11.7. The van der Waals surface area contributed by atoms with Crippen molar-refractivity contribution in [3.8, 4) is 0 Å². The number of rotatable bonds is 4. The number of anilines is 1. The predicted octanol–water partition coefficient (Wildman–Crippen LogP) is 2.69. The third-order valence-electron chi connectivity index (χ3n) is 2.45. The number of nitrogens with two attached hydrogens (primary N) is 1. The first-order valence-electron chi connectivity index (χ1n) is 5.18. The minimum Gasteiger partial charge on any atom is -0.384 e. The van der Waals surface area contributed by atoms with E-state index in [0.29, 0.717) is 6.07 Å². The summed E-state index contributed by atoms with van der Waals surface area (Å²) >= 11 is 0. The van der Waals surface area contributed by atoms with Gasteiger partial charge in [-0.05, 0) is 18.2 Å². The molecule has 0 atom stereocenters. The van der Waals surface area contributed by atoms with Crippen molar-refractivity contribution in [2.24, 2.45) is 5.73 Å². The second-order valence-corrected chi connectivity index (χ2v) is 3.91. The van der Waals surface area contributed by atoms with E-state index in [1.165, 1.54) is 13.1 Å². The molecule has 0 aromatic heterocycles. The first-order valence-corrected chi connectivity index (χ1v) is 5.18. The van der Waals surface area contributed by atoms with Crippen LogP contribution in [0.5, 0.6) is 0 Å². The van der Waals surface area contributed by atoms with Crippen molar-refractivity contribution in [1.29, 1.82) is 5.41 Å². The molecule has 0 aliphatic rings. The molecule has 1 aromatic carbocycles. The number of amidine groups is 1. The van der Waals surface area contributed by atoms with Gasteiger partial charge in [-0.15, -0.1) is 0 Å². The molecule has 0 heterocycles. The molecule has 0 radical (unpaired) electrons. The third kappa shape index (κ3) is 3.80. The van der Waals surface area contributed by atoms with Crippen LogP contribution in [0.4, 0.5) is 27.6 Å². The quantitative estimate of drug-likeness (QED) is 0.506. The lowest BCUT2D eigenvalue weighted by Crippen LogP contribution is -2.25. The average Bonchev–Trinajstić information content (AvgIpc) is 2.25. The Morgan fingerprint density at radius 3 is 2.37 bits per heavy atom. The van der Waals surface area contributed by atoms with Gasteiger partial charge in [-0.3, -0.25) is 5.41 Å². The fourth-order valence-corrected chi connectivity index (χ4v) is 1.55. The molecule has 0 aliphatic heterocycles. The number of nitrogen functional groups attached to an aromatic ring is 1. The van der Waals surface area contributed by atoms with E-state index in [4.69, 9.17) is 11.1 Å². The number of nitrogens with one attached hydrogen (secondary N) is 1. The predicted molar refractivity (Wildman–Crippen MR) is 61.7 cm³/mol. The van der Waals surface area contributed by atoms with Crippen LogP contribution in [-0.4, -0.2) is 25.9 Å². The topological polar surface area (TPSA) is 53.1 Å². The smallest absolute Gasteiger partial charge is 0.384 e. The summed E-state index contributed by atoms with van der Waals surface area (Å²) in [5.41, 5.74) is 3.47. The molecule has 0 spiro atoms. The van der Waals surface area contributed by atoms with E-state index < -0.39 is 36.1 Å². The number of nitrogens with zero attached hydrogens (tertiary/aromatic N) is 1. The maximum Gasteiger partial charge on any atom is 0.417 e. The van der Waals surface area contributed by atoms with Crippen LogP contribution >= 0.6 is 0 Å². The second-order valence-electron chi connectivity index (χ2n) is 3.91. The summed E-state index contributed by atoms with van der Waals surface area (Å²) < 4.78 is 62.8. The van der Waals surface area contributed by atoms with Crippen molar-refractivity contribution >= 4 is 11.5 Å². The van der Waals surface area contributed by atoms with E-state index >= 15 is 0 Å². The average molecular weight is 281 g/mol. The maximum absolute atomic E-state index is 12.8. The standard InChI is InChI=1S/C11H12F5N3/c1-19(5-9(12)13)6-2-3-7(10(17)18)8(4-6)11(14,15)16/h2-4,9H,5H2,1H3,(H3,17,18). The summed E-state index contributed by atoms with van der Waals surface area (Å²) in [4.78, 5) is 1.00. The summed E-state index contributed by atoms with van der Waals surface area (Å²) in [6.07, 6.45) is -7.37. The molecule has 0 saturated heterocycles. The first kappa shape index (κ1) is 15.2. The highest BCUT2D eigenvalue weighted by atomic mass is 19.4. The van der Waals surface area contributed by atoms with Crippen LogP contribution in [0.25, 0.3) is 0 Å². The molecule has 106 valence electrons. The minimum absolute atomic E-state index is 0.0161. The zero-order chi connectivity index (χ0) is 14.8. The summed E-state index contributed by atoms with van der Waals surface area (Å²) in [5.74, 6) is -0.726. The molecule has 3 nitrogen and oxygen atoms in total. The van der Waals surface area contributed by atoms with Crippen LogP contribution < -0.4 is 10.6 Å². The molecule has 19 heavy (non-hydrogen) atoms. The van der Waals surface area contributed by atoms with E-state index in [-0.39, 0.29) is 5.69 Å². The highest BCUT2D eigenvalue weighted by Crippen LogP contribution is 2.34. The Balaban J connectivity index is 3.22. The van der Waals surface area contributed by atoms with Gasteiger partial charge in [-0.2, -0.15) is 13.2 Å². The molecule has 3 N–H and O–H groups in total. The van der Waals surface area contributed by atoms with Gasteiger partial charge in [0.2, 0.25) is 0 Å². The number of halogens is 5. The molecule has 1 aromatic rings. The van der Waals surface area contributed by atoms with Crippen LogP contribution in [0.3, 0.4) is 0 Å². The Labute approximate surface area is 106 Å². The fraction of sp³-hybridized carbons (Fsp3) is 0.364. The van der Waals surface area contributed by atoms with Crippen molar-refractivity contribution in [3.05, 3.63) is 29.3 Å². The molecule has 8 heteroatoms. The number of alkyl halides is 5. The van der Waals surface area contributed by atoms with Gasteiger partial charge in [-0.25, -0.2) is 8.78 Å². The lowest BCUT2D eigenvalue weighted by atomic mass is 10.0. The molecule has 0 amide bonds. The van der Waals surface area contributed by atoms with Crippen molar-refractivity contribution in [3.63, 3.8) is 0 Å². The van der Waals surface area contributed by atoms with Crippen molar-refractivity contribution in [2.75, 3.05) is 18.5 Å². The fourth-order valence-electron chi connectivity index (χ4n) is 1.55. The lowest BCUT2D eigenvalue weighted by Gasteiger charge is -2.21. The Hall–Kier alpha value is -1.86. The lowest BCUT2D eigenvalue weighted by molar-refractivity contribution is -0.137. The SMILES string of the molecule is CN(CC(F)F)c1ccc(C(=N)N)c(C(F)(F)F)c1. The molecule has 0 unspecified atom stereocenters. The van der Waals surface area contributed by atoms with E-state index in [2.05, 4.69) is 0 Å². The van der Waals surface area contributed by atoms with Crippen LogP contribution in [0.2, 0.25) is 0 Å². The van der Waals surface area contributed by atoms with Gasteiger partial charge in [0.05, 0.1) is 12.1 Å². The van der Waals surface area contributed by atoms with Crippen molar-refractivity contribution in [1.82, 2.24) is 0 Å². The van der Waals surface area contributed by atoms with Crippen LogP contribution in [-0.2, 0) is 6.18 Å². The monoisotopic (exact) mass is 281 g/mol. The summed E-state index contributed by atoms with van der Waals surface area (Å²) in [7, 11) is 1.26. The van der Waals surface area contributed by atoms with Gasteiger partial charge in [0.25, 0.3) is 6.43 Å². The van der Waals surface area contributed by atoms with E-state index in [1.54, 1.807) is 0 Å². The number of benzene rings is 1. The highest BCUT2D eigenvalue weighted by Gasteiger charge is 2.34. The van der Waals surface area contributed by atoms with Crippen LogP contribution in [0.1, 0.15) is 11.1 Å². The number of hydrogen-bond donors (Lipinski definition) is 2. The zero-order valence-electron chi connectivity index (χ0n) is 9.93. The Bertz CT molecular complexity index is 470. The van der Waals surface area contributed by atoms with Gasteiger partial charge in [-0.1, -0.05) is 0 Å². The Morgan fingerprint density at radius 1 is 1.37 bits per heavy atom. The number of hydrogen-bond acceptors (Lipinski definition) is 2. The van der Waals surface area contributed by atoms with E-state index in [0.717, 1.165) is 11.0 Å². The van der Waals surface area contributed by atoms with Gasteiger partial charge < -0.3 is 10.6 Å². The maximum atomic E-state index is 12.8. The van der Waals surface area contributed by atoms with Crippen molar-refractivity contribution in [2.45, 2.75) is 12.6 Å². The highest BCUT2D eigenvalue weighted by molar-refractivity contribution is 5.97. The van der Waals surface area contributed by atoms with E-state index in [9.17, 15) is 22.0 Å². The van der Waals surface area contributed by atoms with Gasteiger partial charge >= 0.3 is 6.18 Å². The third-order valence-corrected chi connectivity index (χ3v) is 2.45. The van der Waals surface area contributed by atoms with Crippen LogP contribution in [0, 0.1) is 5.41 Å². The summed E-state index contributed by atoms with van der Waals surface area (Å²) in [6.45, 7) is -0.684. The van der Waals surface area contributed by atoms with Crippen molar-refractivity contribution < 1.29 is 22.0 Å². The molecular formula is C11H12F5N3. The first-order chi connectivity index (χ1) is 8.62. The minimum atomic E-state index is -4.71. The molecule has 0 saturated carbocycles. The molecular weight excluding hydrogens is 269 g/mol. The largest absolute Gasteiger partial charge is 0.417 e. The van der Waals surface area contributed by atoms with Gasteiger partial charge in [0.1, 0.15) is 5.84 Å². The van der Waals surface area contributed by atoms with Gasteiger partial charge in [0.15, 0.2) is 0 Å². The Morgan fingerprint density at radius 2 is 1.95 bits per heavy atom. The summed E-state index contributed by atoms with van der Waals surface area (Å²) in [6, 6.07) is 2.93. The van der Waals surface area contributed by atoms with Crippen LogP contribution in [0.15, 0.2) is 18.2 Å².